The van der Waals surface area contributed by atoms with Gasteiger partial charge in [0.05, 0.1) is 19.5 Å². The first kappa shape index (κ1) is 22.2. The van der Waals surface area contributed by atoms with Crippen molar-refractivity contribution < 1.29 is 18.7 Å². The van der Waals surface area contributed by atoms with E-state index in [-0.39, 0.29) is 5.91 Å². The fourth-order valence-electron chi connectivity index (χ4n) is 3.73. The van der Waals surface area contributed by atoms with Crippen molar-refractivity contribution in [3.05, 3.63) is 84.6 Å². The third kappa shape index (κ3) is 5.09. The summed E-state index contributed by atoms with van der Waals surface area (Å²) in [6, 6.07) is 21.3. The molecule has 4 aromatic rings. The molecule has 33 heavy (non-hydrogen) atoms. The standard InChI is InChI=1S/C28H27NO4/c1-4-31-22-13-11-21(12-14-22)29-28(30)15-19(3)23-16-24-25(20-9-7-6-8-10-20)18-33-27(24)17-26(23)32-5-2/h6-18H,4-5H2,1-3H3,(H,29,30)/b19-15+. The Labute approximate surface area is 193 Å². The first-order valence-corrected chi connectivity index (χ1v) is 11.0. The van der Waals surface area contributed by atoms with E-state index in [9.17, 15) is 4.79 Å². The maximum atomic E-state index is 12.7. The van der Waals surface area contributed by atoms with E-state index in [0.717, 1.165) is 39.0 Å². The summed E-state index contributed by atoms with van der Waals surface area (Å²) in [7, 11) is 0. The van der Waals surface area contributed by atoms with Crippen LogP contribution in [0, 0.1) is 0 Å². The number of hydrogen-bond acceptors (Lipinski definition) is 4. The molecule has 0 aliphatic rings. The number of amides is 1. The second-order valence-electron chi connectivity index (χ2n) is 7.57. The Hall–Kier alpha value is -3.99. The maximum absolute atomic E-state index is 12.7. The smallest absolute Gasteiger partial charge is 0.248 e. The van der Waals surface area contributed by atoms with Crippen LogP contribution in [-0.4, -0.2) is 19.1 Å². The van der Waals surface area contributed by atoms with E-state index in [2.05, 4.69) is 5.32 Å². The minimum atomic E-state index is -0.213. The van der Waals surface area contributed by atoms with Gasteiger partial charge in [-0.25, -0.2) is 0 Å². The Balaban J connectivity index is 1.65. The minimum Gasteiger partial charge on any atom is -0.494 e. The number of allylic oxidation sites excluding steroid dienone is 1. The van der Waals surface area contributed by atoms with Gasteiger partial charge in [0.2, 0.25) is 5.91 Å². The van der Waals surface area contributed by atoms with Gasteiger partial charge in [0.1, 0.15) is 17.1 Å². The number of anilines is 1. The maximum Gasteiger partial charge on any atom is 0.248 e. The van der Waals surface area contributed by atoms with Crippen LogP contribution >= 0.6 is 0 Å². The highest BCUT2D eigenvalue weighted by molar-refractivity contribution is 6.05. The zero-order chi connectivity index (χ0) is 23.2. The van der Waals surface area contributed by atoms with Crippen molar-refractivity contribution in [1.82, 2.24) is 0 Å². The minimum absolute atomic E-state index is 0.213. The van der Waals surface area contributed by atoms with Crippen molar-refractivity contribution in [3.8, 4) is 22.6 Å². The van der Waals surface area contributed by atoms with Crippen LogP contribution in [0.3, 0.4) is 0 Å². The van der Waals surface area contributed by atoms with Crippen molar-refractivity contribution in [2.24, 2.45) is 0 Å². The Kier molecular flexibility index (Phi) is 6.79. The summed E-state index contributed by atoms with van der Waals surface area (Å²) in [5.74, 6) is 1.24. The van der Waals surface area contributed by atoms with Crippen LogP contribution in [-0.2, 0) is 4.79 Å². The van der Waals surface area contributed by atoms with Crippen LogP contribution in [0.4, 0.5) is 5.69 Å². The largest absolute Gasteiger partial charge is 0.494 e. The fraction of sp³-hybridized carbons (Fsp3) is 0.179. The second-order valence-corrected chi connectivity index (χ2v) is 7.57. The van der Waals surface area contributed by atoms with Crippen molar-refractivity contribution in [2.75, 3.05) is 18.5 Å². The number of furan rings is 1. The Morgan fingerprint density at radius 2 is 1.70 bits per heavy atom. The summed E-state index contributed by atoms with van der Waals surface area (Å²) in [4.78, 5) is 12.7. The van der Waals surface area contributed by atoms with Gasteiger partial charge in [-0.2, -0.15) is 0 Å². The van der Waals surface area contributed by atoms with E-state index in [1.807, 2.05) is 87.5 Å². The van der Waals surface area contributed by atoms with E-state index in [0.29, 0.717) is 24.7 Å². The molecule has 4 rings (SSSR count). The molecule has 0 spiro atoms. The number of fused-ring (bicyclic) bond motifs is 1. The normalized spacial score (nSPS) is 11.4. The number of carbonyl (C=O) groups is 1. The molecule has 0 unspecified atom stereocenters. The number of benzene rings is 3. The van der Waals surface area contributed by atoms with Crippen molar-refractivity contribution in [2.45, 2.75) is 20.8 Å². The molecular weight excluding hydrogens is 414 g/mol. The second kappa shape index (κ2) is 10.1. The molecule has 168 valence electrons. The molecule has 0 fully saturated rings. The highest BCUT2D eigenvalue weighted by Crippen LogP contribution is 2.37. The summed E-state index contributed by atoms with van der Waals surface area (Å²) in [5, 5.41) is 3.87. The van der Waals surface area contributed by atoms with Gasteiger partial charge in [0.15, 0.2) is 0 Å². The molecule has 1 aromatic heterocycles. The first-order valence-electron chi connectivity index (χ1n) is 11.0. The first-order chi connectivity index (χ1) is 16.1. The molecule has 3 aromatic carbocycles. The van der Waals surface area contributed by atoms with Crippen LogP contribution in [0.25, 0.3) is 27.7 Å². The summed E-state index contributed by atoms with van der Waals surface area (Å²) in [6.45, 7) is 6.88. The number of nitrogens with one attached hydrogen (secondary N) is 1. The molecule has 0 atom stereocenters. The van der Waals surface area contributed by atoms with Gasteiger partial charge in [-0.1, -0.05) is 30.3 Å². The molecular formula is C28H27NO4. The number of ether oxygens (including phenoxy) is 2. The zero-order valence-corrected chi connectivity index (χ0v) is 19.1. The summed E-state index contributed by atoms with van der Waals surface area (Å²) >= 11 is 0. The van der Waals surface area contributed by atoms with Crippen molar-refractivity contribution in [1.29, 1.82) is 0 Å². The predicted molar refractivity (Wildman–Crippen MR) is 133 cm³/mol. The Morgan fingerprint density at radius 3 is 2.39 bits per heavy atom. The molecule has 0 radical (unpaired) electrons. The Morgan fingerprint density at radius 1 is 0.970 bits per heavy atom. The van der Waals surface area contributed by atoms with Gasteiger partial charge in [0.25, 0.3) is 0 Å². The van der Waals surface area contributed by atoms with Gasteiger partial charge >= 0.3 is 0 Å². The topological polar surface area (TPSA) is 60.7 Å². The average Bonchev–Trinajstić information content (AvgIpc) is 3.23. The zero-order valence-electron chi connectivity index (χ0n) is 19.1. The molecule has 1 N–H and O–H groups in total. The molecule has 0 saturated carbocycles. The molecule has 1 amide bonds. The van der Waals surface area contributed by atoms with Crippen LogP contribution < -0.4 is 14.8 Å². The van der Waals surface area contributed by atoms with Crippen LogP contribution in [0.2, 0.25) is 0 Å². The molecule has 0 saturated heterocycles. The molecule has 0 bridgehead atoms. The summed E-state index contributed by atoms with van der Waals surface area (Å²) in [6.07, 6.45) is 3.35. The molecule has 0 aliphatic heterocycles. The van der Waals surface area contributed by atoms with Crippen molar-refractivity contribution >= 4 is 28.1 Å². The third-order valence-corrected chi connectivity index (χ3v) is 5.27. The van der Waals surface area contributed by atoms with E-state index < -0.39 is 0 Å². The molecule has 5 heteroatoms. The van der Waals surface area contributed by atoms with Gasteiger partial charge in [0, 0.05) is 34.3 Å². The monoisotopic (exact) mass is 441 g/mol. The van der Waals surface area contributed by atoms with Crippen LogP contribution in [0.15, 0.2) is 83.5 Å². The summed E-state index contributed by atoms with van der Waals surface area (Å²) in [5.41, 5.74) is 5.17. The lowest BCUT2D eigenvalue weighted by atomic mass is 9.99. The van der Waals surface area contributed by atoms with E-state index in [1.54, 1.807) is 12.3 Å². The fourth-order valence-corrected chi connectivity index (χ4v) is 3.73. The number of hydrogen-bond donors (Lipinski definition) is 1. The average molecular weight is 442 g/mol. The quantitative estimate of drug-likeness (QED) is 0.301. The lowest BCUT2D eigenvalue weighted by Crippen LogP contribution is -2.08. The number of rotatable bonds is 8. The van der Waals surface area contributed by atoms with E-state index in [1.165, 1.54) is 0 Å². The highest BCUT2D eigenvalue weighted by Gasteiger charge is 2.15. The summed E-state index contributed by atoms with van der Waals surface area (Å²) < 4.78 is 17.1. The van der Waals surface area contributed by atoms with Crippen LogP contribution in [0.5, 0.6) is 11.5 Å². The predicted octanol–water partition coefficient (Wildman–Crippen LogP) is 6.94. The molecule has 5 nitrogen and oxygen atoms in total. The third-order valence-electron chi connectivity index (χ3n) is 5.27. The molecule has 0 aliphatic carbocycles. The number of carbonyl (C=O) groups excluding carboxylic acids is 1. The van der Waals surface area contributed by atoms with Gasteiger partial charge in [-0.3, -0.25) is 4.79 Å². The SMILES string of the molecule is CCOc1ccc(NC(=O)/C=C(\C)c2cc3c(-c4ccccc4)coc3cc2OCC)cc1. The van der Waals surface area contributed by atoms with E-state index >= 15 is 0 Å². The van der Waals surface area contributed by atoms with Gasteiger partial charge in [-0.15, -0.1) is 0 Å². The van der Waals surface area contributed by atoms with E-state index in [4.69, 9.17) is 13.9 Å². The van der Waals surface area contributed by atoms with Crippen LogP contribution in [0.1, 0.15) is 26.3 Å². The van der Waals surface area contributed by atoms with Gasteiger partial charge in [-0.05, 0) is 62.2 Å². The molecule has 1 heterocycles. The van der Waals surface area contributed by atoms with Crippen molar-refractivity contribution in [3.63, 3.8) is 0 Å². The van der Waals surface area contributed by atoms with Gasteiger partial charge < -0.3 is 19.2 Å². The Bertz CT molecular complexity index is 1270. The lowest BCUT2D eigenvalue weighted by molar-refractivity contribution is -0.111. The highest BCUT2D eigenvalue weighted by atomic mass is 16.5. The lowest BCUT2D eigenvalue weighted by Gasteiger charge is -2.12.